The summed E-state index contributed by atoms with van der Waals surface area (Å²) in [5.41, 5.74) is 0.115. The van der Waals surface area contributed by atoms with Crippen LogP contribution in [0, 0.1) is 5.41 Å². The number of rotatable bonds is 9. The maximum atomic E-state index is 11.7. The van der Waals surface area contributed by atoms with Gasteiger partial charge in [-0.25, -0.2) is 8.42 Å². The zero-order chi connectivity index (χ0) is 12.7. The molecule has 0 rings (SSSR count). The van der Waals surface area contributed by atoms with Gasteiger partial charge in [0.15, 0.2) is 0 Å². The van der Waals surface area contributed by atoms with Crippen molar-refractivity contribution in [2.45, 2.75) is 46.5 Å². The summed E-state index contributed by atoms with van der Waals surface area (Å²) in [5.74, 6) is 0.660. The summed E-state index contributed by atoms with van der Waals surface area (Å²) >= 11 is 0. The molecule has 16 heavy (non-hydrogen) atoms. The van der Waals surface area contributed by atoms with Crippen molar-refractivity contribution < 1.29 is 8.42 Å². The van der Waals surface area contributed by atoms with Crippen LogP contribution >= 0.6 is 0 Å². The van der Waals surface area contributed by atoms with Crippen molar-refractivity contribution in [1.29, 1.82) is 0 Å². The number of sulfone groups is 1. The summed E-state index contributed by atoms with van der Waals surface area (Å²) in [6, 6.07) is 0. The third-order valence-electron chi connectivity index (χ3n) is 2.99. The Hall–Kier alpha value is -0.0900. The van der Waals surface area contributed by atoms with Crippen LogP contribution in [0.4, 0.5) is 0 Å². The molecule has 3 nitrogen and oxygen atoms in total. The number of nitrogens with one attached hydrogen (secondary N) is 1. The maximum absolute atomic E-state index is 11.7. The number of hydrogen-bond acceptors (Lipinski definition) is 3. The molecule has 0 aromatic heterocycles. The highest BCUT2D eigenvalue weighted by Crippen LogP contribution is 2.27. The van der Waals surface area contributed by atoms with Crippen molar-refractivity contribution in [3.63, 3.8) is 0 Å². The van der Waals surface area contributed by atoms with Crippen LogP contribution in [0.2, 0.25) is 0 Å². The smallest absolute Gasteiger partial charge is 0.150 e. The molecule has 0 aromatic carbocycles. The summed E-state index contributed by atoms with van der Waals surface area (Å²) in [7, 11) is -0.904. The van der Waals surface area contributed by atoms with E-state index in [1.807, 2.05) is 14.0 Å². The van der Waals surface area contributed by atoms with E-state index in [4.69, 9.17) is 0 Å². The van der Waals surface area contributed by atoms with Gasteiger partial charge in [-0.1, -0.05) is 27.2 Å². The van der Waals surface area contributed by atoms with Crippen LogP contribution in [0.3, 0.4) is 0 Å². The van der Waals surface area contributed by atoms with Crippen LogP contribution < -0.4 is 5.32 Å². The Balaban J connectivity index is 4.31. The minimum atomic E-state index is -2.83. The van der Waals surface area contributed by atoms with Crippen LogP contribution in [-0.4, -0.2) is 33.5 Å². The Kier molecular flexibility index (Phi) is 7.24. The van der Waals surface area contributed by atoms with Gasteiger partial charge in [0.05, 0.1) is 5.75 Å². The lowest BCUT2D eigenvalue weighted by molar-refractivity contribution is 0.275. The molecule has 1 N–H and O–H groups in total. The van der Waals surface area contributed by atoms with Crippen molar-refractivity contribution in [2.75, 3.05) is 25.1 Å². The van der Waals surface area contributed by atoms with Gasteiger partial charge in [-0.15, -0.1) is 0 Å². The lowest BCUT2D eigenvalue weighted by Gasteiger charge is -2.29. The fraction of sp³-hybridized carbons (Fsp3) is 1.00. The molecule has 0 heterocycles. The highest BCUT2D eigenvalue weighted by Gasteiger charge is 2.24. The summed E-state index contributed by atoms with van der Waals surface area (Å²) in [6.45, 7) is 7.13. The first-order valence-electron chi connectivity index (χ1n) is 6.24. The number of hydrogen-bond donors (Lipinski definition) is 1. The molecule has 4 heteroatoms. The van der Waals surface area contributed by atoms with Crippen molar-refractivity contribution in [2.24, 2.45) is 5.41 Å². The van der Waals surface area contributed by atoms with Gasteiger partial charge in [0.2, 0.25) is 0 Å². The van der Waals surface area contributed by atoms with Crippen molar-refractivity contribution in [3.05, 3.63) is 0 Å². The Morgan fingerprint density at radius 2 is 1.69 bits per heavy atom. The normalized spacial score (nSPS) is 16.0. The van der Waals surface area contributed by atoms with Gasteiger partial charge in [-0.3, -0.25) is 0 Å². The Morgan fingerprint density at radius 1 is 1.06 bits per heavy atom. The molecule has 0 aromatic rings. The zero-order valence-electron chi connectivity index (χ0n) is 11.2. The fourth-order valence-electron chi connectivity index (χ4n) is 2.15. The van der Waals surface area contributed by atoms with Crippen molar-refractivity contribution in [1.82, 2.24) is 5.32 Å². The summed E-state index contributed by atoms with van der Waals surface area (Å²) in [6.07, 6.45) is 3.67. The summed E-state index contributed by atoms with van der Waals surface area (Å²) in [5, 5.41) is 3.17. The molecule has 98 valence electrons. The molecule has 0 amide bonds. The largest absolute Gasteiger partial charge is 0.319 e. The van der Waals surface area contributed by atoms with E-state index in [0.717, 1.165) is 32.2 Å². The van der Waals surface area contributed by atoms with Crippen LogP contribution in [0.25, 0.3) is 0 Å². The maximum Gasteiger partial charge on any atom is 0.150 e. The molecule has 0 bridgehead atoms. The molecule has 0 fully saturated rings. The first-order valence-corrected chi connectivity index (χ1v) is 8.06. The SMILES string of the molecule is CCCC(C)(CCS(=O)(=O)CCC)CNC. The van der Waals surface area contributed by atoms with E-state index < -0.39 is 9.84 Å². The molecule has 0 aliphatic heterocycles. The van der Waals surface area contributed by atoms with Gasteiger partial charge in [-0.2, -0.15) is 0 Å². The van der Waals surface area contributed by atoms with E-state index in [1.165, 1.54) is 0 Å². The van der Waals surface area contributed by atoms with E-state index >= 15 is 0 Å². The molecule has 0 radical (unpaired) electrons. The Morgan fingerprint density at radius 3 is 2.12 bits per heavy atom. The van der Waals surface area contributed by atoms with Crippen LogP contribution in [-0.2, 0) is 9.84 Å². The molecular weight excluding hydrogens is 222 g/mol. The summed E-state index contributed by atoms with van der Waals surface area (Å²) < 4.78 is 23.3. The van der Waals surface area contributed by atoms with E-state index in [0.29, 0.717) is 11.5 Å². The Bertz CT molecular complexity index is 267. The molecule has 0 saturated heterocycles. The zero-order valence-corrected chi connectivity index (χ0v) is 12.0. The van der Waals surface area contributed by atoms with Gasteiger partial charge in [-0.05, 0) is 31.7 Å². The first kappa shape index (κ1) is 15.9. The predicted octanol–water partition coefficient (Wildman–Crippen LogP) is 2.23. The minimum absolute atomic E-state index is 0.115. The van der Waals surface area contributed by atoms with Gasteiger partial charge >= 0.3 is 0 Å². The second-order valence-electron chi connectivity index (χ2n) is 4.99. The van der Waals surface area contributed by atoms with Gasteiger partial charge < -0.3 is 5.32 Å². The Labute approximate surface area is 101 Å². The van der Waals surface area contributed by atoms with E-state index in [2.05, 4.69) is 19.2 Å². The van der Waals surface area contributed by atoms with Crippen LogP contribution in [0.1, 0.15) is 46.5 Å². The lowest BCUT2D eigenvalue weighted by Crippen LogP contribution is -2.32. The quantitative estimate of drug-likeness (QED) is 0.681. The molecule has 0 saturated carbocycles. The third kappa shape index (κ3) is 6.48. The standard InChI is InChI=1S/C12H27NO2S/c1-5-7-12(3,11-13-4)8-10-16(14,15)9-6-2/h13H,5-11H2,1-4H3. The molecule has 0 spiro atoms. The molecule has 0 aliphatic carbocycles. The van der Waals surface area contributed by atoms with E-state index in [1.54, 1.807) is 0 Å². The first-order chi connectivity index (χ1) is 7.39. The third-order valence-corrected chi connectivity index (χ3v) is 4.85. The van der Waals surface area contributed by atoms with Crippen molar-refractivity contribution in [3.8, 4) is 0 Å². The van der Waals surface area contributed by atoms with E-state index in [9.17, 15) is 8.42 Å². The average molecular weight is 249 g/mol. The molecule has 1 atom stereocenters. The molecule has 0 aliphatic rings. The fourth-order valence-corrected chi connectivity index (χ4v) is 3.78. The van der Waals surface area contributed by atoms with Crippen LogP contribution in [0.15, 0.2) is 0 Å². The van der Waals surface area contributed by atoms with Gasteiger partial charge in [0, 0.05) is 12.3 Å². The second-order valence-corrected chi connectivity index (χ2v) is 7.30. The molecule has 1 unspecified atom stereocenters. The summed E-state index contributed by atoms with van der Waals surface area (Å²) in [4.78, 5) is 0. The molecular formula is C12H27NO2S. The highest BCUT2D eigenvalue weighted by atomic mass is 32.2. The second kappa shape index (κ2) is 7.28. The van der Waals surface area contributed by atoms with Gasteiger partial charge in [0.25, 0.3) is 0 Å². The predicted molar refractivity (Wildman–Crippen MR) is 70.5 cm³/mol. The van der Waals surface area contributed by atoms with Gasteiger partial charge in [0.1, 0.15) is 9.84 Å². The minimum Gasteiger partial charge on any atom is -0.319 e. The highest BCUT2D eigenvalue weighted by molar-refractivity contribution is 7.91. The van der Waals surface area contributed by atoms with Crippen molar-refractivity contribution >= 4 is 9.84 Å². The average Bonchev–Trinajstić information content (AvgIpc) is 2.16. The van der Waals surface area contributed by atoms with E-state index in [-0.39, 0.29) is 5.41 Å². The monoisotopic (exact) mass is 249 g/mol. The topological polar surface area (TPSA) is 46.2 Å². The lowest BCUT2D eigenvalue weighted by atomic mass is 9.83. The van der Waals surface area contributed by atoms with Crippen LogP contribution in [0.5, 0.6) is 0 Å².